The fourth-order valence-electron chi connectivity index (χ4n) is 2.56. The number of alkyl halides is 3. The van der Waals surface area contributed by atoms with Crippen LogP contribution in [0.4, 0.5) is 18.9 Å². The van der Waals surface area contributed by atoms with Gasteiger partial charge in [0.05, 0.1) is 22.1 Å². The summed E-state index contributed by atoms with van der Waals surface area (Å²) in [7, 11) is -1.62. The molecule has 1 N–H and O–H groups in total. The predicted octanol–water partition coefficient (Wildman–Crippen LogP) is 2.82. The summed E-state index contributed by atoms with van der Waals surface area (Å²) < 4.78 is 61.7. The van der Waals surface area contributed by atoms with E-state index in [4.69, 9.17) is 11.6 Å². The molecule has 1 unspecified atom stereocenters. The number of amides is 1. The van der Waals surface area contributed by atoms with Crippen molar-refractivity contribution in [2.45, 2.75) is 18.6 Å². The Balaban J connectivity index is 2.17. The summed E-state index contributed by atoms with van der Waals surface area (Å²) in [5.41, 5.74) is -1.66. The first kappa shape index (κ1) is 21.1. The Morgan fingerprint density at radius 2 is 2.11 bits per heavy atom. The van der Waals surface area contributed by atoms with Crippen LogP contribution in [0.3, 0.4) is 0 Å². The summed E-state index contributed by atoms with van der Waals surface area (Å²) in [4.78, 5) is 13.7. The lowest BCUT2D eigenvalue weighted by atomic mass is 10.1. The Hall–Kier alpha value is -2.25. The average Bonchev–Trinajstić information content (AvgIpc) is 2.93. The van der Waals surface area contributed by atoms with Gasteiger partial charge in [-0.15, -0.1) is 0 Å². The number of carbonyl (C=O) groups excluding carboxylic acids is 1. The van der Waals surface area contributed by atoms with Crippen LogP contribution in [0.1, 0.15) is 12.0 Å². The van der Waals surface area contributed by atoms with Crippen molar-refractivity contribution < 1.29 is 26.4 Å². The highest BCUT2D eigenvalue weighted by molar-refractivity contribution is 7.91. The molecule has 1 atom stereocenters. The Labute approximate surface area is 159 Å². The zero-order chi connectivity index (χ0) is 20.4. The largest absolute Gasteiger partial charge is 0.417 e. The van der Waals surface area contributed by atoms with Gasteiger partial charge in [0, 0.05) is 25.0 Å². The molecule has 1 aliphatic heterocycles. The molecule has 0 saturated carbocycles. The fourth-order valence-corrected chi connectivity index (χ4v) is 4.57. The average molecular weight is 422 g/mol. The van der Waals surface area contributed by atoms with E-state index in [9.17, 15) is 31.6 Å². The van der Waals surface area contributed by atoms with Crippen LogP contribution in [-0.4, -0.2) is 43.8 Å². The molecular weight excluding hydrogens is 407 g/mol. The summed E-state index contributed by atoms with van der Waals surface area (Å²) >= 11 is 5.52. The summed E-state index contributed by atoms with van der Waals surface area (Å²) in [6.45, 7) is 0. The number of carbonyl (C=O) groups is 1. The van der Waals surface area contributed by atoms with E-state index in [0.29, 0.717) is 12.5 Å². The van der Waals surface area contributed by atoms with Crippen molar-refractivity contribution in [2.75, 3.05) is 23.9 Å². The Kier molecular flexibility index (Phi) is 6.07. The highest BCUT2D eigenvalue weighted by Crippen LogP contribution is 2.36. The third-order valence-electron chi connectivity index (χ3n) is 4.01. The van der Waals surface area contributed by atoms with Gasteiger partial charge >= 0.3 is 6.18 Å². The molecule has 27 heavy (non-hydrogen) atoms. The van der Waals surface area contributed by atoms with Crippen molar-refractivity contribution in [2.24, 2.45) is 0 Å². The molecule has 0 bridgehead atoms. The molecule has 1 fully saturated rings. The normalized spacial score (nSPS) is 19.4. The molecule has 0 aliphatic carbocycles. The van der Waals surface area contributed by atoms with E-state index in [1.807, 2.05) is 0 Å². The second-order valence-electron chi connectivity index (χ2n) is 6.02. The Morgan fingerprint density at radius 1 is 1.44 bits per heavy atom. The quantitative estimate of drug-likeness (QED) is 0.596. The SMILES string of the molecule is CN(/C=C(/C#N)C(=O)Nc1ccc(Cl)c(C(F)(F)F)c1)C1CCS(=O)(=O)C1. The van der Waals surface area contributed by atoms with Gasteiger partial charge in [0.2, 0.25) is 0 Å². The number of nitrogens with one attached hydrogen (secondary N) is 1. The molecule has 1 aromatic carbocycles. The van der Waals surface area contributed by atoms with Crippen LogP contribution < -0.4 is 5.32 Å². The van der Waals surface area contributed by atoms with Gasteiger partial charge in [-0.3, -0.25) is 4.79 Å². The number of rotatable bonds is 4. The third-order valence-corrected chi connectivity index (χ3v) is 6.09. The van der Waals surface area contributed by atoms with Crippen molar-refractivity contribution in [1.82, 2.24) is 4.90 Å². The minimum atomic E-state index is -4.69. The van der Waals surface area contributed by atoms with Crippen LogP contribution in [0.5, 0.6) is 0 Å². The van der Waals surface area contributed by atoms with Crippen LogP contribution in [-0.2, 0) is 20.8 Å². The maximum Gasteiger partial charge on any atom is 0.417 e. The molecule has 1 aromatic rings. The molecule has 146 valence electrons. The van der Waals surface area contributed by atoms with Gasteiger partial charge in [-0.1, -0.05) is 11.6 Å². The van der Waals surface area contributed by atoms with Crippen molar-refractivity contribution in [3.05, 3.63) is 40.6 Å². The monoisotopic (exact) mass is 421 g/mol. The molecule has 2 rings (SSSR count). The first-order valence-electron chi connectivity index (χ1n) is 7.65. The van der Waals surface area contributed by atoms with Crippen LogP contribution >= 0.6 is 11.6 Å². The lowest BCUT2D eigenvalue weighted by molar-refractivity contribution is -0.137. The number of sulfone groups is 1. The Bertz CT molecular complexity index is 923. The van der Waals surface area contributed by atoms with Gasteiger partial charge in [0.25, 0.3) is 5.91 Å². The smallest absolute Gasteiger partial charge is 0.375 e. The standard InChI is InChI=1S/C16H15ClF3N3O3S/c1-23(12-4-5-27(25,26)9-12)8-10(7-21)15(24)22-11-2-3-14(17)13(6-11)16(18,19)20/h2-3,6,8,12H,4-5,9H2,1H3,(H,22,24)/b10-8-. The molecule has 1 heterocycles. The molecule has 1 amide bonds. The van der Waals surface area contributed by atoms with E-state index >= 15 is 0 Å². The lowest BCUT2D eigenvalue weighted by Gasteiger charge is -2.21. The topological polar surface area (TPSA) is 90.3 Å². The van der Waals surface area contributed by atoms with Crippen molar-refractivity contribution in [3.63, 3.8) is 0 Å². The summed E-state index contributed by atoms with van der Waals surface area (Å²) in [6, 6.07) is 4.13. The van der Waals surface area contributed by atoms with Gasteiger partial charge in [-0.05, 0) is 24.6 Å². The van der Waals surface area contributed by atoms with E-state index in [-0.39, 0.29) is 28.8 Å². The molecule has 0 radical (unpaired) electrons. The fraction of sp³-hybridized carbons (Fsp3) is 0.375. The summed E-state index contributed by atoms with van der Waals surface area (Å²) in [5.74, 6) is -0.984. The van der Waals surface area contributed by atoms with Crippen LogP contribution in [0.2, 0.25) is 5.02 Å². The first-order valence-corrected chi connectivity index (χ1v) is 9.85. The minimum Gasteiger partial charge on any atom is -0.375 e. The number of nitrogens with zero attached hydrogens (tertiary/aromatic N) is 2. The first-order chi connectivity index (χ1) is 12.4. The molecule has 11 heteroatoms. The predicted molar refractivity (Wildman–Crippen MR) is 93.6 cm³/mol. The zero-order valence-electron chi connectivity index (χ0n) is 14.0. The third kappa shape index (κ3) is 5.37. The van der Waals surface area contributed by atoms with Gasteiger partial charge in [-0.2, -0.15) is 18.4 Å². The lowest BCUT2D eigenvalue weighted by Crippen LogP contribution is -2.29. The van der Waals surface area contributed by atoms with E-state index in [1.54, 1.807) is 6.07 Å². The zero-order valence-corrected chi connectivity index (χ0v) is 15.6. The Morgan fingerprint density at radius 3 is 2.63 bits per heavy atom. The van der Waals surface area contributed by atoms with E-state index in [0.717, 1.165) is 6.07 Å². The molecule has 1 saturated heterocycles. The number of benzene rings is 1. The van der Waals surface area contributed by atoms with Crippen LogP contribution in [0.25, 0.3) is 0 Å². The van der Waals surface area contributed by atoms with Gasteiger partial charge in [0.15, 0.2) is 9.84 Å². The van der Waals surface area contributed by atoms with E-state index in [2.05, 4.69) is 5.32 Å². The van der Waals surface area contributed by atoms with Crippen molar-refractivity contribution in [3.8, 4) is 6.07 Å². The second-order valence-corrected chi connectivity index (χ2v) is 8.66. The molecule has 0 spiro atoms. The number of anilines is 1. The highest BCUT2D eigenvalue weighted by Gasteiger charge is 2.33. The maximum atomic E-state index is 12.9. The highest BCUT2D eigenvalue weighted by atomic mass is 35.5. The van der Waals surface area contributed by atoms with Gasteiger partial charge in [-0.25, -0.2) is 8.42 Å². The molecule has 0 aromatic heterocycles. The number of hydrogen-bond donors (Lipinski definition) is 1. The van der Waals surface area contributed by atoms with E-state index < -0.39 is 32.5 Å². The van der Waals surface area contributed by atoms with Crippen molar-refractivity contribution >= 4 is 33.0 Å². The second kappa shape index (κ2) is 7.78. The maximum absolute atomic E-state index is 12.9. The van der Waals surface area contributed by atoms with Gasteiger partial charge < -0.3 is 10.2 Å². The number of halogens is 4. The molecule has 1 aliphatic rings. The van der Waals surface area contributed by atoms with Crippen molar-refractivity contribution in [1.29, 1.82) is 5.26 Å². The minimum absolute atomic E-state index is 0.0227. The van der Waals surface area contributed by atoms with Crippen LogP contribution in [0.15, 0.2) is 30.0 Å². The van der Waals surface area contributed by atoms with Gasteiger partial charge in [0.1, 0.15) is 11.6 Å². The molecular formula is C16H15ClF3N3O3S. The number of nitriles is 1. The molecule has 6 nitrogen and oxygen atoms in total. The van der Waals surface area contributed by atoms with Crippen LogP contribution in [0, 0.1) is 11.3 Å². The number of hydrogen-bond acceptors (Lipinski definition) is 5. The van der Waals surface area contributed by atoms with E-state index in [1.165, 1.54) is 24.2 Å². The summed E-state index contributed by atoms with van der Waals surface area (Å²) in [6.07, 6.45) is -3.15. The summed E-state index contributed by atoms with van der Waals surface area (Å²) in [5, 5.41) is 10.9.